The molecule has 0 aliphatic heterocycles. The molecule has 1 heterocycles. The van der Waals surface area contributed by atoms with E-state index in [9.17, 15) is 0 Å². The molecule has 1 aromatic carbocycles. The molecule has 1 aromatic heterocycles. The number of benzene rings is 1. The van der Waals surface area contributed by atoms with Crippen LogP contribution in [0.2, 0.25) is 0 Å². The first-order valence-corrected chi connectivity index (χ1v) is 5.22. The second-order valence-electron chi connectivity index (χ2n) is 2.89. The van der Waals surface area contributed by atoms with E-state index in [0.717, 1.165) is 16.2 Å². The molecule has 0 saturated carbocycles. The fraction of sp³-hybridized carbons (Fsp3) is 0.200. The molecule has 2 rings (SSSR count). The molecule has 0 aliphatic rings. The van der Waals surface area contributed by atoms with Crippen LogP contribution in [0.1, 0.15) is 0 Å². The van der Waals surface area contributed by atoms with E-state index in [1.54, 1.807) is 0 Å². The van der Waals surface area contributed by atoms with Gasteiger partial charge < -0.3 is 4.57 Å². The normalized spacial score (nSPS) is 10.3. The van der Waals surface area contributed by atoms with Crippen molar-refractivity contribution in [3.05, 3.63) is 24.3 Å². The fourth-order valence-corrected chi connectivity index (χ4v) is 2.00. The number of nitriles is 1. The monoisotopic (exact) mass is 203 g/mol. The quantitative estimate of drug-likeness (QED) is 0.702. The van der Waals surface area contributed by atoms with Gasteiger partial charge >= 0.3 is 0 Å². The van der Waals surface area contributed by atoms with Crippen molar-refractivity contribution in [2.24, 2.45) is 7.05 Å². The van der Waals surface area contributed by atoms with Gasteiger partial charge in [0.25, 0.3) is 0 Å². The Kier molecular flexibility index (Phi) is 2.42. The van der Waals surface area contributed by atoms with Crippen LogP contribution in [0.15, 0.2) is 29.4 Å². The van der Waals surface area contributed by atoms with Crippen molar-refractivity contribution in [2.75, 3.05) is 5.75 Å². The Hall–Kier alpha value is -1.47. The Labute approximate surface area is 86.4 Å². The van der Waals surface area contributed by atoms with Gasteiger partial charge in [0.15, 0.2) is 5.16 Å². The van der Waals surface area contributed by atoms with Crippen molar-refractivity contribution in [1.82, 2.24) is 9.55 Å². The van der Waals surface area contributed by atoms with Gasteiger partial charge in [0.1, 0.15) is 0 Å². The Morgan fingerprint density at radius 2 is 2.29 bits per heavy atom. The lowest BCUT2D eigenvalue weighted by Gasteiger charge is -1.97. The van der Waals surface area contributed by atoms with Crippen LogP contribution in [0.4, 0.5) is 0 Å². The van der Waals surface area contributed by atoms with Crippen LogP contribution in [0.5, 0.6) is 0 Å². The van der Waals surface area contributed by atoms with Crippen LogP contribution in [0.3, 0.4) is 0 Å². The Bertz CT molecular complexity index is 496. The minimum atomic E-state index is 0.442. The molecule has 0 N–H and O–H groups in total. The SMILES string of the molecule is Cn1c(SCC#N)nc2ccccc21. The zero-order valence-corrected chi connectivity index (χ0v) is 8.58. The first-order chi connectivity index (χ1) is 6.83. The van der Waals surface area contributed by atoms with E-state index in [1.807, 2.05) is 35.9 Å². The topological polar surface area (TPSA) is 41.6 Å². The first kappa shape index (κ1) is 9.10. The summed E-state index contributed by atoms with van der Waals surface area (Å²) >= 11 is 1.46. The molecule has 3 nitrogen and oxygen atoms in total. The van der Waals surface area contributed by atoms with E-state index in [2.05, 4.69) is 11.1 Å². The number of aromatic nitrogens is 2. The molecule has 0 aliphatic carbocycles. The molecule has 14 heavy (non-hydrogen) atoms. The number of thioether (sulfide) groups is 1. The highest BCUT2D eigenvalue weighted by Gasteiger charge is 2.06. The maximum absolute atomic E-state index is 8.49. The van der Waals surface area contributed by atoms with Crippen LogP contribution in [-0.4, -0.2) is 15.3 Å². The standard InChI is InChI=1S/C10H9N3S/c1-13-9-5-3-2-4-8(9)12-10(13)14-7-6-11/h2-5H,7H2,1H3. The van der Waals surface area contributed by atoms with Gasteiger partial charge in [-0.3, -0.25) is 0 Å². The predicted molar refractivity (Wildman–Crippen MR) is 57.1 cm³/mol. The number of imidazole rings is 1. The minimum absolute atomic E-state index is 0.442. The van der Waals surface area contributed by atoms with Gasteiger partial charge in [-0.05, 0) is 12.1 Å². The van der Waals surface area contributed by atoms with Crippen molar-refractivity contribution in [3.8, 4) is 6.07 Å². The lowest BCUT2D eigenvalue weighted by molar-refractivity contribution is 0.816. The van der Waals surface area contributed by atoms with E-state index >= 15 is 0 Å². The number of hydrogen-bond acceptors (Lipinski definition) is 3. The smallest absolute Gasteiger partial charge is 0.169 e. The molecule has 0 amide bonds. The molecule has 0 atom stereocenters. The summed E-state index contributed by atoms with van der Waals surface area (Å²) in [4.78, 5) is 4.42. The summed E-state index contributed by atoms with van der Waals surface area (Å²) in [6.45, 7) is 0. The van der Waals surface area contributed by atoms with Gasteiger partial charge in [-0.2, -0.15) is 5.26 Å². The van der Waals surface area contributed by atoms with E-state index in [4.69, 9.17) is 5.26 Å². The lowest BCUT2D eigenvalue weighted by Crippen LogP contribution is -1.90. The average Bonchev–Trinajstić information content (AvgIpc) is 2.54. The molecule has 2 aromatic rings. The Morgan fingerprint density at radius 1 is 1.50 bits per heavy atom. The highest BCUT2D eigenvalue weighted by Crippen LogP contribution is 2.21. The summed E-state index contributed by atoms with van der Waals surface area (Å²) in [5, 5.41) is 9.38. The summed E-state index contributed by atoms with van der Waals surface area (Å²) in [5.41, 5.74) is 2.09. The lowest BCUT2D eigenvalue weighted by atomic mass is 10.3. The first-order valence-electron chi connectivity index (χ1n) is 4.24. The Balaban J connectivity index is 2.47. The third-order valence-electron chi connectivity index (χ3n) is 2.01. The van der Waals surface area contributed by atoms with E-state index in [1.165, 1.54) is 11.8 Å². The van der Waals surface area contributed by atoms with Gasteiger partial charge in [0.05, 0.1) is 22.9 Å². The molecule has 0 spiro atoms. The van der Waals surface area contributed by atoms with Gasteiger partial charge in [0.2, 0.25) is 0 Å². The van der Waals surface area contributed by atoms with Crippen LogP contribution >= 0.6 is 11.8 Å². The number of aryl methyl sites for hydroxylation is 1. The second-order valence-corrected chi connectivity index (χ2v) is 3.83. The van der Waals surface area contributed by atoms with Crippen molar-refractivity contribution < 1.29 is 0 Å². The number of hydrogen-bond donors (Lipinski definition) is 0. The highest BCUT2D eigenvalue weighted by atomic mass is 32.2. The van der Waals surface area contributed by atoms with Crippen LogP contribution in [0.25, 0.3) is 11.0 Å². The average molecular weight is 203 g/mol. The van der Waals surface area contributed by atoms with Crippen molar-refractivity contribution in [1.29, 1.82) is 5.26 Å². The minimum Gasteiger partial charge on any atom is -0.322 e. The molecule has 0 unspecified atom stereocenters. The summed E-state index contributed by atoms with van der Waals surface area (Å²) in [6, 6.07) is 10.1. The van der Waals surface area contributed by atoms with Crippen LogP contribution < -0.4 is 0 Å². The van der Waals surface area contributed by atoms with E-state index in [0.29, 0.717) is 5.75 Å². The number of rotatable bonds is 2. The highest BCUT2D eigenvalue weighted by molar-refractivity contribution is 7.99. The Morgan fingerprint density at radius 3 is 3.00 bits per heavy atom. The summed E-state index contributed by atoms with van der Waals surface area (Å²) in [5.74, 6) is 0.442. The van der Waals surface area contributed by atoms with Crippen molar-refractivity contribution in [3.63, 3.8) is 0 Å². The number of nitrogens with zero attached hydrogens (tertiary/aromatic N) is 3. The fourth-order valence-electron chi connectivity index (χ4n) is 1.35. The molecule has 0 radical (unpaired) electrons. The molecular formula is C10H9N3S. The molecule has 70 valence electrons. The third kappa shape index (κ3) is 1.47. The second kappa shape index (κ2) is 3.72. The van der Waals surface area contributed by atoms with Crippen molar-refractivity contribution in [2.45, 2.75) is 5.16 Å². The molecule has 0 saturated heterocycles. The van der Waals surface area contributed by atoms with E-state index in [-0.39, 0.29) is 0 Å². The van der Waals surface area contributed by atoms with E-state index < -0.39 is 0 Å². The third-order valence-corrected chi connectivity index (χ3v) is 2.91. The van der Waals surface area contributed by atoms with Crippen LogP contribution in [-0.2, 0) is 7.05 Å². The number of para-hydroxylation sites is 2. The molecular weight excluding hydrogens is 194 g/mol. The van der Waals surface area contributed by atoms with Crippen LogP contribution in [0, 0.1) is 11.3 Å². The zero-order valence-electron chi connectivity index (χ0n) is 7.77. The zero-order chi connectivity index (χ0) is 9.97. The molecule has 0 fully saturated rings. The van der Waals surface area contributed by atoms with Crippen molar-refractivity contribution >= 4 is 22.8 Å². The molecule has 4 heteroatoms. The predicted octanol–water partition coefficient (Wildman–Crippen LogP) is 2.19. The number of fused-ring (bicyclic) bond motifs is 1. The summed E-state index contributed by atoms with van der Waals surface area (Å²) < 4.78 is 2.01. The van der Waals surface area contributed by atoms with Gasteiger partial charge in [0, 0.05) is 7.05 Å². The summed E-state index contributed by atoms with van der Waals surface area (Å²) in [6.07, 6.45) is 0. The van der Waals surface area contributed by atoms with Gasteiger partial charge in [-0.15, -0.1) is 0 Å². The molecule has 0 bridgehead atoms. The summed E-state index contributed by atoms with van der Waals surface area (Å²) in [7, 11) is 1.97. The maximum atomic E-state index is 8.49. The largest absolute Gasteiger partial charge is 0.322 e. The van der Waals surface area contributed by atoms with Gasteiger partial charge in [-0.1, -0.05) is 23.9 Å². The maximum Gasteiger partial charge on any atom is 0.169 e. The van der Waals surface area contributed by atoms with Gasteiger partial charge in [-0.25, -0.2) is 4.98 Å².